The van der Waals surface area contributed by atoms with Crippen LogP contribution in [0.2, 0.25) is 0 Å². The lowest BCUT2D eigenvalue weighted by Crippen LogP contribution is -2.38. The number of benzene rings is 2. The average molecular weight is 650 g/mol. The van der Waals surface area contributed by atoms with Crippen LogP contribution >= 0.6 is 0 Å². The number of hydrogen-bond acceptors (Lipinski definition) is 6. The number of rotatable bonds is 9. The fraction of sp³-hybridized carbons (Fsp3) is 0.406. The molecule has 0 radical (unpaired) electrons. The first-order valence-corrected chi connectivity index (χ1v) is 14.6. The highest BCUT2D eigenvalue weighted by atomic mass is 19.4. The Hall–Kier alpha value is -4.46. The molecule has 46 heavy (non-hydrogen) atoms. The van der Waals surface area contributed by atoms with Gasteiger partial charge in [0.2, 0.25) is 5.91 Å². The van der Waals surface area contributed by atoms with Crippen LogP contribution < -0.4 is 25.2 Å². The largest absolute Gasteiger partial charge is 0.573 e. The summed E-state index contributed by atoms with van der Waals surface area (Å²) in [6.45, 7) is 2.61. The lowest BCUT2D eigenvalue weighted by atomic mass is 9.87. The van der Waals surface area contributed by atoms with E-state index in [-0.39, 0.29) is 36.0 Å². The molecule has 3 heterocycles. The number of anilines is 1. The first-order chi connectivity index (χ1) is 21.9. The summed E-state index contributed by atoms with van der Waals surface area (Å²) in [6, 6.07) is 7.80. The van der Waals surface area contributed by atoms with Gasteiger partial charge in [0.05, 0.1) is 13.0 Å². The molecule has 2 fully saturated rings. The summed E-state index contributed by atoms with van der Waals surface area (Å²) in [5.74, 6) is -6.02. The predicted octanol–water partition coefficient (Wildman–Crippen LogP) is 4.95. The monoisotopic (exact) mass is 649 g/mol. The molecule has 2 aromatic carbocycles. The third-order valence-electron chi connectivity index (χ3n) is 8.35. The second kappa shape index (κ2) is 13.5. The summed E-state index contributed by atoms with van der Waals surface area (Å²) >= 11 is 0. The van der Waals surface area contributed by atoms with Crippen LogP contribution in [0.5, 0.6) is 11.5 Å². The molecule has 0 bridgehead atoms. The Morgan fingerprint density at radius 2 is 1.67 bits per heavy atom. The second-order valence-corrected chi connectivity index (χ2v) is 11.3. The molecular weight excluding hydrogens is 617 g/mol. The molecule has 0 saturated carbocycles. The number of pyridine rings is 1. The van der Waals surface area contributed by atoms with Crippen molar-refractivity contribution < 1.29 is 45.8 Å². The number of alkyl halides is 3. The van der Waals surface area contributed by atoms with Gasteiger partial charge >= 0.3 is 6.36 Å². The number of aryl methyl sites for hydroxylation is 1. The van der Waals surface area contributed by atoms with Crippen molar-refractivity contribution in [2.24, 2.45) is 11.8 Å². The summed E-state index contributed by atoms with van der Waals surface area (Å²) in [5.41, 5.74) is -0.305. The number of aromatic nitrogens is 1. The minimum atomic E-state index is -4.91. The topological polar surface area (TPSA) is 99.1 Å². The summed E-state index contributed by atoms with van der Waals surface area (Å²) in [7, 11) is 1.25. The van der Waals surface area contributed by atoms with Gasteiger partial charge in [-0.2, -0.15) is 0 Å². The zero-order chi connectivity index (χ0) is 33.2. The molecule has 14 heteroatoms. The fourth-order valence-electron chi connectivity index (χ4n) is 5.99. The van der Waals surface area contributed by atoms with Gasteiger partial charge < -0.3 is 29.0 Å². The van der Waals surface area contributed by atoms with E-state index in [0.29, 0.717) is 25.3 Å². The van der Waals surface area contributed by atoms with Gasteiger partial charge in [0.15, 0.2) is 0 Å². The van der Waals surface area contributed by atoms with Crippen molar-refractivity contribution in [1.29, 1.82) is 0 Å². The average Bonchev–Trinajstić information content (AvgIpc) is 3.31. The smallest absolute Gasteiger partial charge is 0.497 e. The Morgan fingerprint density at radius 3 is 2.28 bits per heavy atom. The van der Waals surface area contributed by atoms with E-state index in [1.54, 1.807) is 19.2 Å². The van der Waals surface area contributed by atoms with Gasteiger partial charge in [0, 0.05) is 68.2 Å². The van der Waals surface area contributed by atoms with E-state index < -0.39 is 58.5 Å². The van der Waals surface area contributed by atoms with Crippen molar-refractivity contribution in [3.8, 4) is 11.5 Å². The molecule has 2 amide bonds. The highest BCUT2D eigenvalue weighted by Crippen LogP contribution is 2.39. The molecule has 2 atom stereocenters. The zero-order valence-corrected chi connectivity index (χ0v) is 25.0. The summed E-state index contributed by atoms with van der Waals surface area (Å²) in [6.07, 6.45) is -1.71. The number of methoxy groups -OCH3 is 1. The van der Waals surface area contributed by atoms with Crippen LogP contribution in [0.3, 0.4) is 0 Å². The number of amides is 2. The van der Waals surface area contributed by atoms with E-state index in [1.165, 1.54) is 16.6 Å². The van der Waals surface area contributed by atoms with E-state index >= 15 is 8.78 Å². The highest BCUT2D eigenvalue weighted by Gasteiger charge is 2.45. The number of carbonyl (C=O) groups excluding carboxylic acids is 2. The number of hydrogen-bond donors (Lipinski definition) is 1. The first kappa shape index (κ1) is 32.9. The van der Waals surface area contributed by atoms with Crippen molar-refractivity contribution in [1.82, 2.24) is 9.88 Å². The Morgan fingerprint density at radius 1 is 1.02 bits per heavy atom. The maximum Gasteiger partial charge on any atom is 0.573 e. The van der Waals surface area contributed by atoms with Gasteiger partial charge in [-0.05, 0) is 61.6 Å². The molecule has 1 unspecified atom stereocenters. The van der Waals surface area contributed by atoms with E-state index in [4.69, 9.17) is 9.47 Å². The van der Waals surface area contributed by atoms with Crippen molar-refractivity contribution >= 4 is 17.5 Å². The molecule has 3 aromatic rings. The maximum absolute atomic E-state index is 15.4. The van der Waals surface area contributed by atoms with Gasteiger partial charge in [-0.25, -0.2) is 8.78 Å². The molecule has 5 rings (SSSR count). The lowest BCUT2D eigenvalue weighted by Gasteiger charge is -2.24. The van der Waals surface area contributed by atoms with Gasteiger partial charge in [0.25, 0.3) is 11.5 Å². The quantitative estimate of drug-likeness (QED) is 0.330. The van der Waals surface area contributed by atoms with Crippen LogP contribution in [0.1, 0.15) is 40.2 Å². The van der Waals surface area contributed by atoms with Crippen LogP contribution in [0.4, 0.5) is 27.6 Å². The van der Waals surface area contributed by atoms with Crippen LogP contribution in [0.15, 0.2) is 53.5 Å². The summed E-state index contributed by atoms with van der Waals surface area (Å²) in [4.78, 5) is 41.9. The van der Waals surface area contributed by atoms with Crippen molar-refractivity contribution in [2.75, 3.05) is 38.3 Å². The zero-order valence-electron chi connectivity index (χ0n) is 25.0. The standard InChI is InChI=1S/C32H32F5N3O6/c1-18-7-10-39(16-19-8-11-45-12-9-19)31(43)28(18)40-17-24(27-25(33)13-22(44-2)14-26(27)34)23(30(40)42)15-38-29(41)20-3-5-21(6-4-20)46-32(35,36)37/h3-7,10,13-14,19,23-24H,8-9,11-12,15-17H2,1-2H3,(H,38,41)/t23?,24-/m1/s1. The van der Waals surface area contributed by atoms with Crippen molar-refractivity contribution in [3.05, 3.63) is 87.3 Å². The molecule has 2 saturated heterocycles. The van der Waals surface area contributed by atoms with Crippen molar-refractivity contribution in [3.63, 3.8) is 0 Å². The number of carbonyl (C=O) groups is 2. The molecule has 9 nitrogen and oxygen atoms in total. The molecule has 1 aromatic heterocycles. The van der Waals surface area contributed by atoms with Crippen LogP contribution in [-0.4, -0.2) is 56.2 Å². The molecule has 0 spiro atoms. The van der Waals surface area contributed by atoms with E-state index in [1.807, 2.05) is 0 Å². The minimum Gasteiger partial charge on any atom is -0.497 e. The summed E-state index contributed by atoms with van der Waals surface area (Å²) < 4.78 is 84.0. The van der Waals surface area contributed by atoms with Crippen LogP contribution in [-0.2, 0) is 16.1 Å². The highest BCUT2D eigenvalue weighted by molar-refractivity contribution is 6.00. The third kappa shape index (κ3) is 7.16. The molecule has 2 aliphatic rings. The number of halogens is 5. The number of nitrogens with one attached hydrogen (secondary N) is 1. The SMILES string of the molecule is COc1cc(F)c([C@@H]2CN(c3c(C)ccn(CC4CCOCC4)c3=O)C(=O)C2CNC(=O)c2ccc(OC(F)(F)F)cc2)c(F)c1. The molecule has 1 N–H and O–H groups in total. The predicted molar refractivity (Wildman–Crippen MR) is 156 cm³/mol. The van der Waals surface area contributed by atoms with Gasteiger partial charge in [-0.3, -0.25) is 14.4 Å². The molecule has 246 valence electrons. The summed E-state index contributed by atoms with van der Waals surface area (Å²) in [5, 5.41) is 2.55. The van der Waals surface area contributed by atoms with E-state index in [9.17, 15) is 27.6 Å². The molecular formula is C32H32F5N3O6. The Labute approximate surface area is 260 Å². The van der Waals surface area contributed by atoms with E-state index in [0.717, 1.165) is 49.2 Å². The van der Waals surface area contributed by atoms with Gasteiger partial charge in [-0.1, -0.05) is 0 Å². The van der Waals surface area contributed by atoms with Gasteiger partial charge in [-0.15, -0.1) is 13.2 Å². The van der Waals surface area contributed by atoms with Crippen molar-refractivity contribution in [2.45, 2.75) is 38.6 Å². The minimum absolute atomic E-state index is 0.0370. The van der Waals surface area contributed by atoms with Crippen LogP contribution in [0, 0.1) is 30.4 Å². The maximum atomic E-state index is 15.4. The molecule has 0 aliphatic carbocycles. The van der Waals surface area contributed by atoms with Crippen LogP contribution in [0.25, 0.3) is 0 Å². The molecule has 2 aliphatic heterocycles. The number of nitrogens with zero attached hydrogens (tertiary/aromatic N) is 2. The Balaban J connectivity index is 1.44. The first-order valence-electron chi connectivity index (χ1n) is 14.6. The number of ether oxygens (including phenoxy) is 3. The van der Waals surface area contributed by atoms with Gasteiger partial charge in [0.1, 0.15) is 28.8 Å². The normalized spacial score (nSPS) is 18.9. The second-order valence-electron chi connectivity index (χ2n) is 11.3. The third-order valence-corrected chi connectivity index (χ3v) is 8.35. The van der Waals surface area contributed by atoms with E-state index in [2.05, 4.69) is 10.1 Å². The fourth-order valence-corrected chi connectivity index (χ4v) is 5.99. The lowest BCUT2D eigenvalue weighted by molar-refractivity contribution is -0.274. The Kier molecular flexibility index (Phi) is 9.66. The Bertz CT molecular complexity index is 1630.